The number of thioether (sulfide) groups is 1. The Bertz CT molecular complexity index is 433. The number of amides is 1. The van der Waals surface area contributed by atoms with Gasteiger partial charge in [0.25, 0.3) is 5.91 Å². The Kier molecular flexibility index (Phi) is 4.22. The Morgan fingerprint density at radius 3 is 2.89 bits per heavy atom. The van der Waals surface area contributed by atoms with Gasteiger partial charge in [-0.2, -0.15) is 16.2 Å². The highest BCUT2D eigenvalue weighted by atomic mass is 32.2. The van der Waals surface area contributed by atoms with Gasteiger partial charge in [-0.3, -0.25) is 4.79 Å². The second-order valence-electron chi connectivity index (χ2n) is 4.62. The maximum Gasteiger partial charge on any atom is 0.255 e. The first-order valence-electron chi connectivity index (χ1n) is 6.11. The van der Waals surface area contributed by atoms with Crippen LogP contribution in [0.1, 0.15) is 36.0 Å². The van der Waals surface area contributed by atoms with Crippen LogP contribution in [0, 0.1) is 5.95 Å². The van der Waals surface area contributed by atoms with Gasteiger partial charge in [-0.25, -0.2) is 4.98 Å². The molecule has 5 heteroatoms. The highest BCUT2D eigenvalue weighted by Gasteiger charge is 2.33. The molecule has 1 aliphatic rings. The summed E-state index contributed by atoms with van der Waals surface area (Å²) >= 11 is 1.80. The van der Waals surface area contributed by atoms with Crippen molar-refractivity contribution in [3.8, 4) is 0 Å². The first-order chi connectivity index (χ1) is 8.67. The van der Waals surface area contributed by atoms with Crippen molar-refractivity contribution in [1.29, 1.82) is 0 Å². The third kappa shape index (κ3) is 2.83. The van der Waals surface area contributed by atoms with Gasteiger partial charge in [-0.15, -0.1) is 0 Å². The van der Waals surface area contributed by atoms with Crippen molar-refractivity contribution in [2.75, 3.05) is 12.8 Å². The molecular formula is C13H17FN2OS. The molecule has 1 saturated carbocycles. The standard InChI is InChI=1S/C13H17FN2OS/c1-18-13(6-2-3-7-13)9-16-12(17)10-5-4-8-15-11(10)14/h4-5,8H,2-3,6-7,9H2,1H3,(H,16,17). The van der Waals surface area contributed by atoms with Crippen LogP contribution in [0.3, 0.4) is 0 Å². The summed E-state index contributed by atoms with van der Waals surface area (Å²) in [5, 5.41) is 2.83. The number of nitrogens with one attached hydrogen (secondary N) is 1. The van der Waals surface area contributed by atoms with Gasteiger partial charge in [0.1, 0.15) is 0 Å². The van der Waals surface area contributed by atoms with E-state index >= 15 is 0 Å². The minimum Gasteiger partial charge on any atom is -0.350 e. The van der Waals surface area contributed by atoms with Crippen molar-refractivity contribution in [2.45, 2.75) is 30.4 Å². The zero-order chi connectivity index (χ0) is 13.0. The molecule has 3 nitrogen and oxygen atoms in total. The third-order valence-corrected chi connectivity index (χ3v) is 4.94. The van der Waals surface area contributed by atoms with Crippen LogP contribution in [-0.4, -0.2) is 28.4 Å². The van der Waals surface area contributed by atoms with Gasteiger partial charge in [0.2, 0.25) is 5.95 Å². The van der Waals surface area contributed by atoms with Crippen molar-refractivity contribution in [2.24, 2.45) is 0 Å². The van der Waals surface area contributed by atoms with Crippen LogP contribution in [0.15, 0.2) is 18.3 Å². The normalized spacial score (nSPS) is 17.7. The highest BCUT2D eigenvalue weighted by molar-refractivity contribution is 8.00. The summed E-state index contributed by atoms with van der Waals surface area (Å²) in [6.07, 6.45) is 8.05. The Balaban J connectivity index is 1.98. The molecule has 98 valence electrons. The average molecular weight is 268 g/mol. The lowest BCUT2D eigenvalue weighted by Gasteiger charge is -2.26. The van der Waals surface area contributed by atoms with E-state index < -0.39 is 5.95 Å². The lowest BCUT2D eigenvalue weighted by atomic mass is 10.1. The molecule has 1 aliphatic carbocycles. The predicted octanol–water partition coefficient (Wildman–Crippen LogP) is 2.63. The monoisotopic (exact) mass is 268 g/mol. The first-order valence-corrected chi connectivity index (χ1v) is 7.33. The number of carbonyl (C=O) groups is 1. The fourth-order valence-corrected chi connectivity index (χ4v) is 3.28. The van der Waals surface area contributed by atoms with Crippen molar-refractivity contribution in [1.82, 2.24) is 10.3 Å². The quantitative estimate of drug-likeness (QED) is 0.854. The molecule has 1 aromatic rings. The molecule has 0 saturated heterocycles. The summed E-state index contributed by atoms with van der Waals surface area (Å²) < 4.78 is 13.5. The van der Waals surface area contributed by atoms with Gasteiger partial charge in [0.05, 0.1) is 5.56 Å². The van der Waals surface area contributed by atoms with Crippen LogP contribution in [0.5, 0.6) is 0 Å². The number of hydrogen-bond acceptors (Lipinski definition) is 3. The number of pyridine rings is 1. The van der Waals surface area contributed by atoms with E-state index in [-0.39, 0.29) is 16.2 Å². The van der Waals surface area contributed by atoms with E-state index in [1.165, 1.54) is 25.1 Å². The Morgan fingerprint density at radius 1 is 1.56 bits per heavy atom. The molecule has 2 rings (SSSR count). The SMILES string of the molecule is CSC1(CNC(=O)c2cccnc2F)CCCC1. The molecule has 0 spiro atoms. The molecule has 0 radical (unpaired) electrons. The molecule has 0 bridgehead atoms. The van der Waals surface area contributed by atoms with Crippen LogP contribution in [0.4, 0.5) is 4.39 Å². The third-order valence-electron chi connectivity index (χ3n) is 3.52. The first kappa shape index (κ1) is 13.3. The fourth-order valence-electron chi connectivity index (χ4n) is 2.36. The number of halogens is 1. The van der Waals surface area contributed by atoms with Gasteiger partial charge in [0, 0.05) is 17.5 Å². The largest absolute Gasteiger partial charge is 0.350 e. The van der Waals surface area contributed by atoms with E-state index in [0.29, 0.717) is 6.54 Å². The van der Waals surface area contributed by atoms with Crippen molar-refractivity contribution < 1.29 is 9.18 Å². The second-order valence-corrected chi connectivity index (χ2v) is 5.89. The smallest absolute Gasteiger partial charge is 0.255 e. The number of hydrogen-bond donors (Lipinski definition) is 1. The topological polar surface area (TPSA) is 42.0 Å². The van der Waals surface area contributed by atoms with Gasteiger partial charge in [0.15, 0.2) is 0 Å². The van der Waals surface area contributed by atoms with E-state index in [1.54, 1.807) is 17.8 Å². The Morgan fingerprint density at radius 2 is 2.28 bits per heavy atom. The molecular weight excluding hydrogens is 251 g/mol. The number of aromatic nitrogens is 1. The molecule has 18 heavy (non-hydrogen) atoms. The average Bonchev–Trinajstić information content (AvgIpc) is 2.86. The zero-order valence-corrected chi connectivity index (χ0v) is 11.2. The van der Waals surface area contributed by atoms with Crippen LogP contribution in [0.2, 0.25) is 0 Å². The molecule has 0 aromatic carbocycles. The molecule has 1 N–H and O–H groups in total. The summed E-state index contributed by atoms with van der Waals surface area (Å²) in [6, 6.07) is 3.02. The lowest BCUT2D eigenvalue weighted by Crippen LogP contribution is -2.38. The van der Waals surface area contributed by atoms with Gasteiger partial charge in [-0.1, -0.05) is 12.8 Å². The molecule has 1 heterocycles. The lowest BCUT2D eigenvalue weighted by molar-refractivity contribution is 0.0944. The van der Waals surface area contributed by atoms with Crippen LogP contribution in [-0.2, 0) is 0 Å². The minimum atomic E-state index is -0.709. The van der Waals surface area contributed by atoms with Crippen LogP contribution < -0.4 is 5.32 Å². The molecule has 1 amide bonds. The van der Waals surface area contributed by atoms with E-state index in [9.17, 15) is 9.18 Å². The van der Waals surface area contributed by atoms with Crippen LogP contribution >= 0.6 is 11.8 Å². The number of rotatable bonds is 4. The molecule has 0 atom stereocenters. The number of nitrogens with zero attached hydrogens (tertiary/aromatic N) is 1. The van der Waals surface area contributed by atoms with E-state index in [2.05, 4.69) is 16.6 Å². The maximum absolute atomic E-state index is 13.3. The van der Waals surface area contributed by atoms with Crippen molar-refractivity contribution in [3.05, 3.63) is 29.8 Å². The maximum atomic E-state index is 13.3. The zero-order valence-electron chi connectivity index (χ0n) is 10.4. The molecule has 1 aromatic heterocycles. The van der Waals surface area contributed by atoms with Crippen molar-refractivity contribution >= 4 is 17.7 Å². The van der Waals surface area contributed by atoms with E-state index in [1.807, 2.05) is 0 Å². The van der Waals surface area contributed by atoms with Crippen molar-refractivity contribution in [3.63, 3.8) is 0 Å². The predicted molar refractivity (Wildman–Crippen MR) is 71.2 cm³/mol. The number of carbonyl (C=O) groups excluding carboxylic acids is 1. The summed E-state index contributed by atoms with van der Waals surface area (Å²) in [6.45, 7) is 0.599. The van der Waals surface area contributed by atoms with Gasteiger partial charge >= 0.3 is 0 Å². The second kappa shape index (κ2) is 5.69. The summed E-state index contributed by atoms with van der Waals surface area (Å²) in [5.41, 5.74) is 0.0201. The van der Waals surface area contributed by atoms with E-state index in [4.69, 9.17) is 0 Å². The molecule has 0 unspecified atom stereocenters. The fraction of sp³-hybridized carbons (Fsp3) is 0.538. The summed E-state index contributed by atoms with van der Waals surface area (Å²) in [5.74, 6) is -1.08. The van der Waals surface area contributed by atoms with Gasteiger partial charge in [-0.05, 0) is 31.2 Å². The van der Waals surface area contributed by atoms with E-state index in [0.717, 1.165) is 12.8 Å². The molecule has 0 aliphatic heterocycles. The Hall–Kier alpha value is -1.10. The summed E-state index contributed by atoms with van der Waals surface area (Å²) in [4.78, 5) is 15.4. The highest BCUT2D eigenvalue weighted by Crippen LogP contribution is 2.39. The summed E-state index contributed by atoms with van der Waals surface area (Å²) in [7, 11) is 0. The minimum absolute atomic E-state index is 0.0201. The van der Waals surface area contributed by atoms with Crippen LogP contribution in [0.25, 0.3) is 0 Å². The Labute approximate surface area is 111 Å². The molecule has 1 fully saturated rings. The van der Waals surface area contributed by atoms with Gasteiger partial charge < -0.3 is 5.32 Å².